The van der Waals surface area contributed by atoms with Crippen molar-refractivity contribution < 1.29 is 14.3 Å². The van der Waals surface area contributed by atoms with E-state index in [2.05, 4.69) is 0 Å². The van der Waals surface area contributed by atoms with Crippen molar-refractivity contribution in [3.63, 3.8) is 0 Å². The van der Waals surface area contributed by atoms with Crippen LogP contribution in [0.25, 0.3) is 0 Å². The third kappa shape index (κ3) is 2.93. The second kappa shape index (κ2) is 6.22. The zero-order valence-electron chi connectivity index (χ0n) is 11.7. The second-order valence-corrected chi connectivity index (χ2v) is 5.38. The molecule has 1 unspecified atom stereocenters. The Bertz CT molecular complexity index is 505. The van der Waals surface area contributed by atoms with Crippen LogP contribution in [0.2, 0.25) is 0 Å². The molecule has 110 valence electrons. The predicted molar refractivity (Wildman–Crippen MR) is 75.9 cm³/mol. The number of anilines is 1. The first-order valence-corrected chi connectivity index (χ1v) is 7.02. The maximum atomic E-state index is 14.2. The minimum absolute atomic E-state index is 0.00264. The van der Waals surface area contributed by atoms with Crippen LogP contribution in [0.1, 0.15) is 41.6 Å². The largest absolute Gasteiger partial charge is 0.399 e. The van der Waals surface area contributed by atoms with E-state index in [0.717, 1.165) is 25.7 Å². The van der Waals surface area contributed by atoms with Gasteiger partial charge >= 0.3 is 0 Å². The van der Waals surface area contributed by atoms with Crippen LogP contribution in [0.4, 0.5) is 10.1 Å². The number of aliphatic hydroxyl groups is 1. The standard InChI is InChI=1S/C15H21FN2O2/c1-10-7-11(17)8-13(14(10)16)15(20)18-6-4-2-3-5-12(18)9-19/h7-8,12,19H,2-6,9,17H2,1H3. The maximum absolute atomic E-state index is 14.2. The number of nitrogens with zero attached hydrogens (tertiary/aromatic N) is 1. The fourth-order valence-electron chi connectivity index (χ4n) is 2.74. The molecule has 0 saturated carbocycles. The van der Waals surface area contributed by atoms with Crippen molar-refractivity contribution in [3.05, 3.63) is 29.1 Å². The number of likely N-dealkylation sites (tertiary alicyclic amines) is 1. The van der Waals surface area contributed by atoms with Crippen molar-refractivity contribution in [2.45, 2.75) is 38.6 Å². The highest BCUT2D eigenvalue weighted by Gasteiger charge is 2.28. The van der Waals surface area contributed by atoms with E-state index in [0.29, 0.717) is 17.8 Å². The van der Waals surface area contributed by atoms with Crippen LogP contribution < -0.4 is 5.73 Å². The third-order valence-electron chi connectivity index (χ3n) is 3.86. The smallest absolute Gasteiger partial charge is 0.257 e. The van der Waals surface area contributed by atoms with Crippen molar-refractivity contribution >= 4 is 11.6 Å². The molecular formula is C15H21FN2O2. The number of aryl methyl sites for hydroxylation is 1. The van der Waals surface area contributed by atoms with Crippen molar-refractivity contribution in [1.82, 2.24) is 4.90 Å². The van der Waals surface area contributed by atoms with Gasteiger partial charge in [0.25, 0.3) is 5.91 Å². The van der Waals surface area contributed by atoms with Gasteiger partial charge in [-0.05, 0) is 37.5 Å². The van der Waals surface area contributed by atoms with Gasteiger partial charge in [-0.25, -0.2) is 4.39 Å². The monoisotopic (exact) mass is 280 g/mol. The van der Waals surface area contributed by atoms with Gasteiger partial charge in [0, 0.05) is 12.2 Å². The molecular weight excluding hydrogens is 259 g/mol. The molecule has 1 aliphatic heterocycles. The molecule has 1 heterocycles. The van der Waals surface area contributed by atoms with Crippen LogP contribution in [0.5, 0.6) is 0 Å². The van der Waals surface area contributed by atoms with E-state index in [-0.39, 0.29) is 24.1 Å². The van der Waals surface area contributed by atoms with Gasteiger partial charge in [-0.2, -0.15) is 0 Å². The number of amides is 1. The summed E-state index contributed by atoms with van der Waals surface area (Å²) in [5, 5.41) is 9.45. The molecule has 0 aliphatic carbocycles. The summed E-state index contributed by atoms with van der Waals surface area (Å²) in [4.78, 5) is 14.2. The minimum Gasteiger partial charge on any atom is -0.399 e. The Balaban J connectivity index is 2.33. The molecule has 1 atom stereocenters. The van der Waals surface area contributed by atoms with Crippen molar-refractivity contribution in [2.24, 2.45) is 0 Å². The normalized spacial score (nSPS) is 19.8. The third-order valence-corrected chi connectivity index (χ3v) is 3.86. The number of aliphatic hydroxyl groups excluding tert-OH is 1. The molecule has 1 aromatic rings. The number of carbonyl (C=O) groups is 1. The number of nitrogens with two attached hydrogens (primary N) is 1. The Hall–Kier alpha value is -1.62. The topological polar surface area (TPSA) is 66.6 Å². The van der Waals surface area contributed by atoms with E-state index >= 15 is 0 Å². The number of hydrogen-bond acceptors (Lipinski definition) is 3. The average molecular weight is 280 g/mol. The molecule has 4 nitrogen and oxygen atoms in total. The van der Waals surface area contributed by atoms with Crippen LogP contribution in [0.3, 0.4) is 0 Å². The summed E-state index contributed by atoms with van der Waals surface area (Å²) in [6, 6.07) is 2.66. The first-order valence-electron chi connectivity index (χ1n) is 7.02. The molecule has 5 heteroatoms. The fourth-order valence-corrected chi connectivity index (χ4v) is 2.74. The highest BCUT2D eigenvalue weighted by Crippen LogP contribution is 2.23. The van der Waals surface area contributed by atoms with Crippen LogP contribution in [0, 0.1) is 12.7 Å². The quantitative estimate of drug-likeness (QED) is 0.815. The summed E-state index contributed by atoms with van der Waals surface area (Å²) in [5.41, 5.74) is 6.45. The van der Waals surface area contributed by atoms with E-state index in [1.54, 1.807) is 11.8 Å². The molecule has 0 aromatic heterocycles. The first-order chi connectivity index (χ1) is 9.54. The molecule has 20 heavy (non-hydrogen) atoms. The molecule has 0 spiro atoms. The number of rotatable bonds is 2. The lowest BCUT2D eigenvalue weighted by atomic mass is 10.1. The summed E-state index contributed by atoms with van der Waals surface area (Å²) in [5.74, 6) is -0.899. The van der Waals surface area contributed by atoms with Gasteiger partial charge in [-0.1, -0.05) is 12.8 Å². The molecule has 3 N–H and O–H groups in total. The van der Waals surface area contributed by atoms with Crippen molar-refractivity contribution in [2.75, 3.05) is 18.9 Å². The van der Waals surface area contributed by atoms with Gasteiger partial charge in [0.15, 0.2) is 0 Å². The van der Waals surface area contributed by atoms with E-state index < -0.39 is 5.82 Å². The summed E-state index contributed by atoms with van der Waals surface area (Å²) in [6.45, 7) is 2.06. The summed E-state index contributed by atoms with van der Waals surface area (Å²) < 4.78 is 14.2. The zero-order chi connectivity index (χ0) is 14.7. The van der Waals surface area contributed by atoms with Gasteiger partial charge < -0.3 is 15.7 Å². The number of benzene rings is 1. The molecule has 1 amide bonds. The lowest BCUT2D eigenvalue weighted by Gasteiger charge is -2.29. The molecule has 1 aromatic carbocycles. The van der Waals surface area contributed by atoms with Gasteiger partial charge in [-0.3, -0.25) is 4.79 Å². The summed E-state index contributed by atoms with van der Waals surface area (Å²) in [7, 11) is 0. The Morgan fingerprint density at radius 3 is 2.90 bits per heavy atom. The Labute approximate surface area is 118 Å². The predicted octanol–water partition coefficient (Wildman–Crippen LogP) is 2.09. The van der Waals surface area contributed by atoms with Gasteiger partial charge in [0.2, 0.25) is 0 Å². The van der Waals surface area contributed by atoms with Gasteiger partial charge in [0.05, 0.1) is 18.2 Å². The van der Waals surface area contributed by atoms with E-state index in [9.17, 15) is 14.3 Å². The lowest BCUT2D eigenvalue weighted by Crippen LogP contribution is -2.42. The number of carbonyl (C=O) groups excluding carboxylic acids is 1. The fraction of sp³-hybridized carbons (Fsp3) is 0.533. The maximum Gasteiger partial charge on any atom is 0.257 e. The summed E-state index contributed by atoms with van der Waals surface area (Å²) in [6.07, 6.45) is 3.64. The van der Waals surface area contributed by atoms with Gasteiger partial charge in [0.1, 0.15) is 5.82 Å². The SMILES string of the molecule is Cc1cc(N)cc(C(=O)N2CCCCCC2CO)c1F. The summed E-state index contributed by atoms with van der Waals surface area (Å²) >= 11 is 0. The Morgan fingerprint density at radius 2 is 2.20 bits per heavy atom. The first kappa shape index (κ1) is 14.8. The number of halogens is 1. The molecule has 2 rings (SSSR count). The minimum atomic E-state index is -0.523. The Morgan fingerprint density at radius 1 is 1.45 bits per heavy atom. The van der Waals surface area contributed by atoms with Crippen LogP contribution in [-0.4, -0.2) is 35.1 Å². The lowest BCUT2D eigenvalue weighted by molar-refractivity contribution is 0.0595. The van der Waals surface area contributed by atoms with Crippen molar-refractivity contribution in [1.29, 1.82) is 0 Å². The molecule has 1 saturated heterocycles. The van der Waals surface area contributed by atoms with E-state index in [1.165, 1.54) is 12.1 Å². The Kier molecular flexibility index (Phi) is 4.60. The zero-order valence-corrected chi connectivity index (χ0v) is 11.7. The average Bonchev–Trinajstić information content (AvgIpc) is 2.67. The molecule has 0 bridgehead atoms. The van der Waals surface area contributed by atoms with E-state index in [1.807, 2.05) is 0 Å². The highest BCUT2D eigenvalue weighted by molar-refractivity contribution is 5.95. The molecule has 1 aliphatic rings. The second-order valence-electron chi connectivity index (χ2n) is 5.38. The van der Waals surface area contributed by atoms with Crippen LogP contribution in [0.15, 0.2) is 12.1 Å². The number of nitrogen functional groups attached to an aromatic ring is 1. The van der Waals surface area contributed by atoms with Crippen LogP contribution in [-0.2, 0) is 0 Å². The number of hydrogen-bond donors (Lipinski definition) is 2. The molecule has 1 fully saturated rings. The molecule has 0 radical (unpaired) electrons. The van der Waals surface area contributed by atoms with Crippen LogP contribution >= 0.6 is 0 Å². The highest BCUT2D eigenvalue weighted by atomic mass is 19.1. The van der Waals surface area contributed by atoms with Gasteiger partial charge in [-0.15, -0.1) is 0 Å². The van der Waals surface area contributed by atoms with E-state index in [4.69, 9.17) is 5.73 Å². The van der Waals surface area contributed by atoms with Crippen molar-refractivity contribution in [3.8, 4) is 0 Å².